The minimum atomic E-state index is -0.333. The second-order valence-electron chi connectivity index (χ2n) is 8.13. The Morgan fingerprint density at radius 2 is 1.71 bits per heavy atom. The Hall–Kier alpha value is -4.08. The number of rotatable bonds is 9. The molecule has 0 spiro atoms. The normalized spacial score (nSPS) is 12.7. The molecule has 0 bridgehead atoms. The van der Waals surface area contributed by atoms with Crippen LogP contribution in [0.2, 0.25) is 0 Å². The van der Waals surface area contributed by atoms with Crippen molar-refractivity contribution in [3.63, 3.8) is 0 Å². The van der Waals surface area contributed by atoms with Gasteiger partial charge in [0.25, 0.3) is 0 Å². The summed E-state index contributed by atoms with van der Waals surface area (Å²) in [4.78, 5) is 17.8. The largest absolute Gasteiger partial charge is 0.475 e. The summed E-state index contributed by atoms with van der Waals surface area (Å²) in [6.07, 6.45) is 0.545. The molecule has 2 aromatic carbocycles. The van der Waals surface area contributed by atoms with Crippen LogP contribution in [0.5, 0.6) is 0 Å². The van der Waals surface area contributed by atoms with Gasteiger partial charge >= 0.3 is 5.69 Å². The quantitative estimate of drug-likeness (QED) is 0.264. The SMILES string of the molecule is CCC(=NN=C(C)C(C)=NOCc1ccc(C)cc1)OCc1c(C)cccc1-n1nnn(C)c1=O. The summed E-state index contributed by atoms with van der Waals surface area (Å²) in [6, 6.07) is 13.7. The van der Waals surface area contributed by atoms with Crippen molar-refractivity contribution in [3.05, 3.63) is 75.2 Å². The van der Waals surface area contributed by atoms with E-state index in [9.17, 15) is 4.79 Å². The van der Waals surface area contributed by atoms with Crippen LogP contribution >= 0.6 is 0 Å². The van der Waals surface area contributed by atoms with Crippen LogP contribution in [0.3, 0.4) is 0 Å². The Morgan fingerprint density at radius 1 is 0.971 bits per heavy atom. The van der Waals surface area contributed by atoms with Gasteiger partial charge in [0, 0.05) is 19.0 Å². The van der Waals surface area contributed by atoms with Gasteiger partial charge in [-0.3, -0.25) is 0 Å². The molecular weight excluding hydrogens is 446 g/mol. The summed E-state index contributed by atoms with van der Waals surface area (Å²) in [5, 5.41) is 20.4. The maximum absolute atomic E-state index is 12.3. The smallest absolute Gasteiger partial charge is 0.368 e. The molecule has 0 aliphatic rings. The number of aryl methyl sites for hydroxylation is 3. The second kappa shape index (κ2) is 11.9. The predicted octanol–water partition coefficient (Wildman–Crippen LogP) is 3.88. The third kappa shape index (κ3) is 6.72. The molecule has 0 saturated heterocycles. The second-order valence-corrected chi connectivity index (χ2v) is 8.13. The van der Waals surface area contributed by atoms with Crippen molar-refractivity contribution < 1.29 is 9.57 Å². The topological polar surface area (TPSA) is 108 Å². The highest BCUT2D eigenvalue weighted by Gasteiger charge is 2.14. The van der Waals surface area contributed by atoms with Crippen molar-refractivity contribution in [1.29, 1.82) is 0 Å². The lowest BCUT2D eigenvalue weighted by Crippen LogP contribution is -2.23. The molecule has 35 heavy (non-hydrogen) atoms. The molecule has 0 aliphatic heterocycles. The van der Waals surface area contributed by atoms with Crippen LogP contribution in [0.15, 0.2) is 62.6 Å². The Labute approximate surface area is 204 Å². The summed E-state index contributed by atoms with van der Waals surface area (Å²) in [5.74, 6) is 0.457. The van der Waals surface area contributed by atoms with Gasteiger partial charge < -0.3 is 9.57 Å². The van der Waals surface area contributed by atoms with Crippen LogP contribution in [-0.4, -0.2) is 37.1 Å². The van der Waals surface area contributed by atoms with Crippen LogP contribution in [0.4, 0.5) is 0 Å². The van der Waals surface area contributed by atoms with Gasteiger partial charge in [-0.1, -0.05) is 54.0 Å². The number of aromatic nitrogens is 4. The summed E-state index contributed by atoms with van der Waals surface area (Å²) in [7, 11) is 1.55. The number of hydrogen-bond acceptors (Lipinski definition) is 8. The average Bonchev–Trinajstić information content (AvgIpc) is 3.18. The van der Waals surface area contributed by atoms with Gasteiger partial charge in [-0.05, 0) is 55.3 Å². The third-order valence-electron chi connectivity index (χ3n) is 5.41. The molecule has 1 heterocycles. The first-order chi connectivity index (χ1) is 16.8. The van der Waals surface area contributed by atoms with E-state index in [1.54, 1.807) is 7.05 Å². The van der Waals surface area contributed by atoms with E-state index in [2.05, 4.69) is 25.8 Å². The fourth-order valence-electron chi connectivity index (χ4n) is 3.05. The highest BCUT2D eigenvalue weighted by atomic mass is 16.6. The molecule has 3 aromatic rings. The van der Waals surface area contributed by atoms with Gasteiger partial charge in [-0.15, -0.1) is 5.10 Å². The highest BCUT2D eigenvalue weighted by molar-refractivity contribution is 6.40. The molecule has 0 saturated carbocycles. The number of oxime groups is 1. The first kappa shape index (κ1) is 25.5. The molecule has 1 aromatic heterocycles. The number of benzene rings is 2. The van der Waals surface area contributed by atoms with E-state index in [4.69, 9.17) is 9.57 Å². The Bertz CT molecular complexity index is 1300. The van der Waals surface area contributed by atoms with Gasteiger partial charge in [-0.2, -0.15) is 14.5 Å². The van der Waals surface area contributed by atoms with Crippen molar-refractivity contribution in [2.24, 2.45) is 22.4 Å². The standard InChI is InChI=1S/C25H31N7O3/c1-7-24(27-26-19(4)20(5)28-35-15-21-13-11-17(2)12-14-21)34-16-22-18(3)9-8-10-23(22)32-25(33)31(6)29-30-32/h8-14H,7,15-16H2,1-6H3. The Morgan fingerprint density at radius 3 is 2.37 bits per heavy atom. The zero-order chi connectivity index (χ0) is 25.4. The van der Waals surface area contributed by atoms with Crippen molar-refractivity contribution >= 4 is 17.3 Å². The Balaban J connectivity index is 1.67. The van der Waals surface area contributed by atoms with Gasteiger partial charge in [0.2, 0.25) is 5.90 Å². The lowest BCUT2D eigenvalue weighted by atomic mass is 10.1. The van der Waals surface area contributed by atoms with Gasteiger partial charge in [0.05, 0.1) is 17.1 Å². The molecule has 0 aliphatic carbocycles. The molecule has 10 heteroatoms. The molecule has 0 radical (unpaired) electrons. The van der Waals surface area contributed by atoms with Crippen molar-refractivity contribution in [2.75, 3.05) is 0 Å². The predicted molar refractivity (Wildman–Crippen MR) is 136 cm³/mol. The fourth-order valence-corrected chi connectivity index (χ4v) is 3.05. The zero-order valence-electron chi connectivity index (χ0n) is 21.0. The fraction of sp³-hybridized carbons (Fsp3) is 0.360. The van der Waals surface area contributed by atoms with Crippen LogP contribution in [0.1, 0.15) is 49.4 Å². The van der Waals surface area contributed by atoms with Gasteiger partial charge in [-0.25, -0.2) is 4.79 Å². The minimum Gasteiger partial charge on any atom is -0.475 e. The Kier molecular flexibility index (Phi) is 8.66. The summed E-state index contributed by atoms with van der Waals surface area (Å²) >= 11 is 0. The first-order valence-electron chi connectivity index (χ1n) is 11.3. The van der Waals surface area contributed by atoms with E-state index in [1.165, 1.54) is 14.9 Å². The molecule has 3 rings (SSSR count). The van der Waals surface area contributed by atoms with Crippen molar-refractivity contribution in [1.82, 2.24) is 19.8 Å². The van der Waals surface area contributed by atoms with Crippen LogP contribution in [0.25, 0.3) is 5.69 Å². The number of hydrogen-bond donors (Lipinski definition) is 0. The van der Waals surface area contributed by atoms with E-state index in [0.717, 1.165) is 16.7 Å². The molecule has 10 nitrogen and oxygen atoms in total. The maximum Gasteiger partial charge on any atom is 0.368 e. The number of ether oxygens (including phenoxy) is 1. The molecule has 0 fully saturated rings. The van der Waals surface area contributed by atoms with Crippen molar-refractivity contribution in [3.8, 4) is 5.69 Å². The van der Waals surface area contributed by atoms with Crippen LogP contribution in [0, 0.1) is 13.8 Å². The van der Waals surface area contributed by atoms with E-state index < -0.39 is 0 Å². The lowest BCUT2D eigenvalue weighted by Gasteiger charge is -2.13. The first-order valence-corrected chi connectivity index (χ1v) is 11.3. The molecular formula is C25H31N7O3. The number of tetrazole rings is 1. The van der Waals surface area contributed by atoms with E-state index in [1.807, 2.05) is 77.1 Å². The van der Waals surface area contributed by atoms with E-state index >= 15 is 0 Å². The molecule has 0 N–H and O–H groups in total. The molecule has 0 amide bonds. The van der Waals surface area contributed by atoms with E-state index in [0.29, 0.717) is 36.0 Å². The summed E-state index contributed by atoms with van der Waals surface area (Å²) in [5.41, 5.74) is 5.55. The molecule has 184 valence electrons. The summed E-state index contributed by atoms with van der Waals surface area (Å²) in [6.45, 7) is 10.1. The third-order valence-corrected chi connectivity index (χ3v) is 5.41. The van der Waals surface area contributed by atoms with E-state index in [-0.39, 0.29) is 12.3 Å². The molecule has 0 atom stereocenters. The average molecular weight is 478 g/mol. The van der Waals surface area contributed by atoms with Gasteiger partial charge in [0.15, 0.2) is 0 Å². The number of nitrogens with zero attached hydrogens (tertiary/aromatic N) is 7. The van der Waals surface area contributed by atoms with Crippen LogP contribution in [-0.2, 0) is 29.8 Å². The van der Waals surface area contributed by atoms with Gasteiger partial charge in [0.1, 0.15) is 13.2 Å². The van der Waals surface area contributed by atoms with Crippen molar-refractivity contribution in [2.45, 2.75) is 54.3 Å². The minimum absolute atomic E-state index is 0.207. The highest BCUT2D eigenvalue weighted by Crippen LogP contribution is 2.18. The van der Waals surface area contributed by atoms with Crippen LogP contribution < -0.4 is 5.69 Å². The maximum atomic E-state index is 12.3. The monoisotopic (exact) mass is 477 g/mol. The molecule has 0 unspecified atom stereocenters. The lowest BCUT2D eigenvalue weighted by molar-refractivity contribution is 0.131. The summed E-state index contributed by atoms with van der Waals surface area (Å²) < 4.78 is 8.38. The zero-order valence-corrected chi connectivity index (χ0v) is 21.0.